The van der Waals surface area contributed by atoms with Crippen LogP contribution in [0.2, 0.25) is 5.02 Å². The third-order valence-electron chi connectivity index (χ3n) is 6.10. The van der Waals surface area contributed by atoms with E-state index >= 15 is 0 Å². The molecule has 0 saturated carbocycles. The van der Waals surface area contributed by atoms with Gasteiger partial charge in [0.1, 0.15) is 0 Å². The van der Waals surface area contributed by atoms with Crippen LogP contribution >= 0.6 is 23.4 Å². The standard InChI is InChI=1S/C23H18ClF3N4OS.C3H8N2O/c24-17-5-4-15(18(11-17)23(25,26)27)13-31-19-6-3-14(9-16(19)12-28-31)10-20-21(32)29-22(33-20)30-7-1-2-8-30;1-2(4)3(5)6/h3-6,9-12H,1-2,7-8,13H2;2H,4H2,1H3,(H2,5,6)/b20-10-;. The van der Waals surface area contributed by atoms with E-state index in [1.807, 2.05) is 12.1 Å². The van der Waals surface area contributed by atoms with E-state index in [4.69, 9.17) is 17.3 Å². The summed E-state index contributed by atoms with van der Waals surface area (Å²) in [7, 11) is 0. The third kappa shape index (κ3) is 7.00. The molecule has 4 N–H and O–H groups in total. The Labute approximate surface area is 231 Å². The van der Waals surface area contributed by atoms with Crippen LogP contribution in [0.3, 0.4) is 0 Å². The van der Waals surface area contributed by atoms with Crippen LogP contribution in [0.5, 0.6) is 0 Å². The maximum absolute atomic E-state index is 13.4. The normalized spacial score (nSPS) is 17.4. The van der Waals surface area contributed by atoms with Crippen LogP contribution in [0, 0.1) is 0 Å². The van der Waals surface area contributed by atoms with Gasteiger partial charge >= 0.3 is 6.18 Å². The van der Waals surface area contributed by atoms with Gasteiger partial charge in [-0.15, -0.1) is 0 Å². The number of halogens is 4. The molecule has 2 aromatic carbocycles. The number of nitrogens with two attached hydrogens (primary N) is 2. The molecule has 1 saturated heterocycles. The summed E-state index contributed by atoms with van der Waals surface area (Å²) in [6.45, 7) is 3.34. The summed E-state index contributed by atoms with van der Waals surface area (Å²) >= 11 is 7.16. The van der Waals surface area contributed by atoms with Gasteiger partial charge in [0.2, 0.25) is 5.91 Å². The first-order valence-electron chi connectivity index (χ1n) is 12.1. The number of fused-ring (bicyclic) bond motifs is 1. The van der Waals surface area contributed by atoms with Gasteiger partial charge < -0.3 is 16.4 Å². The third-order valence-corrected chi connectivity index (χ3v) is 7.38. The maximum atomic E-state index is 13.4. The Morgan fingerprint density at radius 3 is 2.54 bits per heavy atom. The van der Waals surface area contributed by atoms with E-state index in [1.165, 1.54) is 28.6 Å². The lowest BCUT2D eigenvalue weighted by atomic mass is 10.1. The predicted octanol–water partition coefficient (Wildman–Crippen LogP) is 4.64. The van der Waals surface area contributed by atoms with Crippen molar-refractivity contribution in [2.45, 2.75) is 38.5 Å². The number of carbonyl (C=O) groups is 2. The summed E-state index contributed by atoms with van der Waals surface area (Å²) in [4.78, 5) is 29.0. The topological polar surface area (TPSA) is 120 Å². The first-order chi connectivity index (χ1) is 18.4. The average Bonchev–Trinajstić information content (AvgIpc) is 3.61. The van der Waals surface area contributed by atoms with E-state index in [2.05, 4.69) is 20.7 Å². The minimum atomic E-state index is -4.51. The highest BCUT2D eigenvalue weighted by atomic mass is 35.5. The Kier molecular flexibility index (Phi) is 8.67. The largest absolute Gasteiger partial charge is 0.416 e. The lowest BCUT2D eigenvalue weighted by molar-refractivity contribution is -0.138. The SMILES string of the molecule is CC(N)C(N)=O.O=C1N=C(N2CCCC2)S/C1=C\c1ccc2c(cnn2Cc2ccc(Cl)cc2C(F)(F)F)c1. The van der Waals surface area contributed by atoms with Crippen LogP contribution in [-0.4, -0.2) is 50.8 Å². The molecule has 0 radical (unpaired) electrons. The summed E-state index contributed by atoms with van der Waals surface area (Å²) in [5, 5.41) is 5.83. The average molecular weight is 579 g/mol. The molecular formula is C26H26ClF3N6O2S. The molecule has 1 unspecified atom stereocenters. The molecule has 2 aliphatic heterocycles. The van der Waals surface area contributed by atoms with E-state index in [0.29, 0.717) is 10.4 Å². The Balaban J connectivity index is 0.000000531. The monoisotopic (exact) mass is 578 g/mol. The van der Waals surface area contributed by atoms with Gasteiger partial charge in [-0.1, -0.05) is 23.7 Å². The predicted molar refractivity (Wildman–Crippen MR) is 147 cm³/mol. The second-order valence-electron chi connectivity index (χ2n) is 9.12. The van der Waals surface area contributed by atoms with Gasteiger partial charge in [-0.25, -0.2) is 0 Å². The Morgan fingerprint density at radius 1 is 1.21 bits per heavy atom. The number of amides is 2. The second kappa shape index (κ2) is 11.8. The van der Waals surface area contributed by atoms with Crippen molar-refractivity contribution in [3.05, 3.63) is 69.2 Å². The number of hydrogen-bond acceptors (Lipinski definition) is 6. The summed E-state index contributed by atoms with van der Waals surface area (Å²) in [6, 6.07) is 8.72. The van der Waals surface area contributed by atoms with Crippen molar-refractivity contribution in [2.75, 3.05) is 13.1 Å². The molecule has 3 heterocycles. The number of benzene rings is 2. The minimum absolute atomic E-state index is 0.0327. The highest BCUT2D eigenvalue weighted by Crippen LogP contribution is 2.35. The van der Waals surface area contributed by atoms with Crippen LogP contribution in [0.25, 0.3) is 17.0 Å². The molecule has 5 rings (SSSR count). The molecule has 2 amide bonds. The lowest BCUT2D eigenvalue weighted by Crippen LogP contribution is -2.32. The molecule has 8 nitrogen and oxygen atoms in total. The highest BCUT2D eigenvalue weighted by molar-refractivity contribution is 8.18. The number of alkyl halides is 3. The molecular weight excluding hydrogens is 553 g/mol. The van der Waals surface area contributed by atoms with Crippen molar-refractivity contribution in [1.29, 1.82) is 0 Å². The van der Waals surface area contributed by atoms with Crippen LogP contribution in [0.15, 0.2) is 52.5 Å². The fraction of sp³-hybridized carbons (Fsp3) is 0.308. The fourth-order valence-corrected chi connectivity index (χ4v) is 5.16. The van der Waals surface area contributed by atoms with Crippen molar-refractivity contribution in [3.63, 3.8) is 0 Å². The molecule has 1 atom stereocenters. The summed E-state index contributed by atoms with van der Waals surface area (Å²) in [5.41, 5.74) is 10.4. The zero-order valence-electron chi connectivity index (χ0n) is 20.9. The number of carbonyl (C=O) groups excluding carboxylic acids is 2. The smallest absolute Gasteiger partial charge is 0.368 e. The number of amidine groups is 1. The summed E-state index contributed by atoms with van der Waals surface area (Å²) in [6.07, 6.45) is 1.10. The van der Waals surface area contributed by atoms with E-state index in [9.17, 15) is 22.8 Å². The number of rotatable bonds is 4. The number of thioether (sulfide) groups is 1. The van der Waals surface area contributed by atoms with Gasteiger partial charge in [-0.3, -0.25) is 14.3 Å². The maximum Gasteiger partial charge on any atom is 0.416 e. The lowest BCUT2D eigenvalue weighted by Gasteiger charge is -2.14. The summed E-state index contributed by atoms with van der Waals surface area (Å²) in [5.74, 6) is -0.713. The number of aromatic nitrogens is 2. The molecule has 39 heavy (non-hydrogen) atoms. The Morgan fingerprint density at radius 2 is 1.90 bits per heavy atom. The Hall–Kier alpha value is -3.35. The van der Waals surface area contributed by atoms with Crippen LogP contribution < -0.4 is 11.5 Å². The van der Waals surface area contributed by atoms with E-state index in [1.54, 1.807) is 25.3 Å². The van der Waals surface area contributed by atoms with Crippen molar-refractivity contribution >= 4 is 57.3 Å². The van der Waals surface area contributed by atoms with E-state index in [0.717, 1.165) is 48.1 Å². The molecule has 206 valence electrons. The molecule has 0 bridgehead atoms. The molecule has 13 heteroatoms. The molecule has 1 fully saturated rings. The first-order valence-corrected chi connectivity index (χ1v) is 13.3. The van der Waals surface area contributed by atoms with Crippen molar-refractivity contribution < 1.29 is 22.8 Å². The number of likely N-dealkylation sites (tertiary alicyclic amines) is 1. The van der Waals surface area contributed by atoms with Gasteiger partial charge in [0.05, 0.1) is 34.8 Å². The van der Waals surface area contributed by atoms with Gasteiger partial charge in [0.15, 0.2) is 5.17 Å². The quantitative estimate of drug-likeness (QED) is 0.435. The van der Waals surface area contributed by atoms with Gasteiger partial charge in [0, 0.05) is 23.5 Å². The van der Waals surface area contributed by atoms with E-state index < -0.39 is 23.7 Å². The summed E-state index contributed by atoms with van der Waals surface area (Å²) < 4.78 is 41.8. The molecule has 3 aromatic rings. The molecule has 0 aliphatic carbocycles. The highest BCUT2D eigenvalue weighted by Gasteiger charge is 2.33. The van der Waals surface area contributed by atoms with Gasteiger partial charge in [0.25, 0.3) is 5.91 Å². The molecule has 0 spiro atoms. The Bertz CT molecular complexity index is 1460. The second-order valence-corrected chi connectivity index (χ2v) is 10.6. The molecule has 1 aromatic heterocycles. The molecule has 2 aliphatic rings. The zero-order valence-corrected chi connectivity index (χ0v) is 22.5. The number of hydrogen-bond donors (Lipinski definition) is 2. The van der Waals surface area contributed by atoms with Crippen molar-refractivity contribution in [2.24, 2.45) is 16.5 Å². The van der Waals surface area contributed by atoms with Crippen molar-refractivity contribution in [1.82, 2.24) is 14.7 Å². The first kappa shape index (κ1) is 28.7. The van der Waals surface area contributed by atoms with Crippen molar-refractivity contribution in [3.8, 4) is 0 Å². The van der Waals surface area contributed by atoms with Crippen LogP contribution in [0.1, 0.15) is 36.5 Å². The van der Waals surface area contributed by atoms with Gasteiger partial charge in [-0.05, 0) is 73.0 Å². The van der Waals surface area contributed by atoms with E-state index in [-0.39, 0.29) is 23.0 Å². The van der Waals surface area contributed by atoms with Crippen LogP contribution in [-0.2, 0) is 22.3 Å². The van der Waals surface area contributed by atoms with Gasteiger partial charge in [-0.2, -0.15) is 23.3 Å². The number of primary amides is 1. The zero-order chi connectivity index (χ0) is 28.3. The van der Waals surface area contributed by atoms with Crippen LogP contribution in [0.4, 0.5) is 13.2 Å². The number of nitrogens with zero attached hydrogens (tertiary/aromatic N) is 4. The minimum Gasteiger partial charge on any atom is -0.368 e. The number of aliphatic imine (C=N–C) groups is 1. The fourth-order valence-electron chi connectivity index (χ4n) is 4.03.